The first-order chi connectivity index (χ1) is 5.16. The summed E-state index contributed by atoms with van der Waals surface area (Å²) < 4.78 is 0. The van der Waals surface area contributed by atoms with Gasteiger partial charge in [0.25, 0.3) is 0 Å². The average molecular weight is 153 g/mol. The fourth-order valence-electron chi connectivity index (χ4n) is 0.583. The second-order valence-electron chi connectivity index (χ2n) is 2.34. The van der Waals surface area contributed by atoms with Crippen LogP contribution in [0.15, 0.2) is 36.6 Å². The summed E-state index contributed by atoms with van der Waals surface area (Å²) in [4.78, 5) is 0. The first kappa shape index (κ1) is 9.98. The molecule has 0 atom stereocenters. The summed E-state index contributed by atoms with van der Waals surface area (Å²) in [6, 6.07) is 0. The van der Waals surface area contributed by atoms with E-state index in [9.17, 15) is 0 Å². The number of hydrogen-bond donors (Lipinski definition) is 2. The van der Waals surface area contributed by atoms with E-state index >= 15 is 0 Å². The Bertz CT molecular complexity index is 170. The Hall–Kier alpha value is -1.02. The molecule has 0 amide bonds. The van der Waals surface area contributed by atoms with Crippen LogP contribution in [-0.4, -0.2) is 18.7 Å². The van der Waals surface area contributed by atoms with E-state index in [1.165, 1.54) is 6.08 Å². The van der Waals surface area contributed by atoms with Crippen LogP contribution in [0.25, 0.3) is 0 Å². The predicted octanol–water partition coefficient (Wildman–Crippen LogP) is 1.78. The zero-order chi connectivity index (χ0) is 8.69. The van der Waals surface area contributed by atoms with Gasteiger partial charge in [0, 0.05) is 0 Å². The van der Waals surface area contributed by atoms with Gasteiger partial charge in [0.15, 0.2) is 0 Å². The zero-order valence-corrected chi connectivity index (χ0v) is 6.93. The monoisotopic (exact) mass is 153 g/mol. The smallest absolute Gasteiger partial charge is 0.108 e. The molecule has 0 aromatic carbocycles. The molecule has 0 aromatic rings. The van der Waals surface area contributed by atoms with E-state index in [1.54, 1.807) is 6.08 Å². The SMILES string of the molecule is C=C(O)/C=C\C(=C)CCNC. The molecule has 0 aliphatic rings. The molecular formula is C9H15NO. The maximum atomic E-state index is 8.69. The van der Waals surface area contributed by atoms with Gasteiger partial charge in [0.2, 0.25) is 0 Å². The van der Waals surface area contributed by atoms with Crippen LogP contribution in [0, 0.1) is 0 Å². The van der Waals surface area contributed by atoms with Gasteiger partial charge in [0.05, 0.1) is 0 Å². The molecule has 0 saturated carbocycles. The van der Waals surface area contributed by atoms with E-state index < -0.39 is 0 Å². The predicted molar refractivity (Wildman–Crippen MR) is 48.6 cm³/mol. The van der Waals surface area contributed by atoms with Crippen molar-refractivity contribution in [3.05, 3.63) is 36.6 Å². The summed E-state index contributed by atoms with van der Waals surface area (Å²) in [5, 5.41) is 11.7. The Morgan fingerprint density at radius 3 is 2.55 bits per heavy atom. The highest BCUT2D eigenvalue weighted by Gasteiger charge is 1.86. The van der Waals surface area contributed by atoms with Crippen molar-refractivity contribution >= 4 is 0 Å². The van der Waals surface area contributed by atoms with Gasteiger partial charge in [-0.3, -0.25) is 0 Å². The third-order valence-corrected chi connectivity index (χ3v) is 1.21. The Labute approximate surface area is 67.9 Å². The third kappa shape index (κ3) is 6.87. The van der Waals surface area contributed by atoms with Gasteiger partial charge in [-0.05, 0) is 26.1 Å². The molecular weight excluding hydrogens is 138 g/mol. The Morgan fingerprint density at radius 2 is 2.09 bits per heavy atom. The molecule has 0 unspecified atom stereocenters. The maximum Gasteiger partial charge on any atom is 0.108 e. The van der Waals surface area contributed by atoms with Gasteiger partial charge < -0.3 is 10.4 Å². The first-order valence-electron chi connectivity index (χ1n) is 3.55. The number of rotatable bonds is 5. The number of allylic oxidation sites excluding steroid dienone is 2. The topological polar surface area (TPSA) is 32.3 Å². The summed E-state index contributed by atoms with van der Waals surface area (Å²) in [6.07, 6.45) is 4.19. The van der Waals surface area contributed by atoms with Crippen molar-refractivity contribution in [2.24, 2.45) is 0 Å². The minimum absolute atomic E-state index is 0.0654. The molecule has 2 heteroatoms. The van der Waals surface area contributed by atoms with Crippen LogP contribution in [-0.2, 0) is 0 Å². The van der Waals surface area contributed by atoms with Gasteiger partial charge in [-0.1, -0.05) is 24.8 Å². The van der Waals surface area contributed by atoms with Crippen LogP contribution >= 0.6 is 0 Å². The van der Waals surface area contributed by atoms with Crippen molar-refractivity contribution in [1.29, 1.82) is 0 Å². The standard InChI is InChI=1S/C9H15NO/c1-8(6-7-10-3)4-5-9(2)11/h4-5,10-11H,1-2,6-7H2,3H3/b5-4-. The van der Waals surface area contributed by atoms with Gasteiger partial charge >= 0.3 is 0 Å². The van der Waals surface area contributed by atoms with Crippen molar-refractivity contribution in [3.63, 3.8) is 0 Å². The molecule has 0 rings (SSSR count). The number of nitrogens with one attached hydrogen (secondary N) is 1. The van der Waals surface area contributed by atoms with E-state index in [0.29, 0.717) is 0 Å². The van der Waals surface area contributed by atoms with E-state index in [4.69, 9.17) is 5.11 Å². The molecule has 2 nitrogen and oxygen atoms in total. The summed E-state index contributed by atoms with van der Waals surface area (Å²) in [5.74, 6) is 0.0654. The molecule has 0 radical (unpaired) electrons. The Morgan fingerprint density at radius 1 is 1.45 bits per heavy atom. The lowest BCUT2D eigenvalue weighted by molar-refractivity contribution is 0.435. The van der Waals surface area contributed by atoms with Crippen molar-refractivity contribution in [3.8, 4) is 0 Å². The lowest BCUT2D eigenvalue weighted by atomic mass is 10.2. The number of aliphatic hydroxyl groups excluding tert-OH is 1. The molecule has 0 aliphatic heterocycles. The van der Waals surface area contributed by atoms with Gasteiger partial charge in [-0.15, -0.1) is 0 Å². The largest absolute Gasteiger partial charge is 0.509 e. The van der Waals surface area contributed by atoms with Gasteiger partial charge in [-0.25, -0.2) is 0 Å². The molecule has 0 bridgehead atoms. The van der Waals surface area contributed by atoms with Crippen molar-refractivity contribution in [1.82, 2.24) is 5.32 Å². The minimum Gasteiger partial charge on any atom is -0.509 e. The fourth-order valence-corrected chi connectivity index (χ4v) is 0.583. The molecule has 0 spiro atoms. The van der Waals surface area contributed by atoms with Crippen LogP contribution in [0.1, 0.15) is 6.42 Å². The molecule has 0 saturated heterocycles. The zero-order valence-electron chi connectivity index (χ0n) is 6.93. The van der Waals surface area contributed by atoms with Crippen LogP contribution < -0.4 is 5.32 Å². The summed E-state index contributed by atoms with van der Waals surface area (Å²) in [7, 11) is 1.89. The van der Waals surface area contributed by atoms with Crippen molar-refractivity contribution in [2.75, 3.05) is 13.6 Å². The third-order valence-electron chi connectivity index (χ3n) is 1.21. The highest BCUT2D eigenvalue weighted by molar-refractivity contribution is 5.20. The Balaban J connectivity index is 3.60. The van der Waals surface area contributed by atoms with Crippen LogP contribution in [0.5, 0.6) is 0 Å². The molecule has 62 valence electrons. The molecule has 0 aliphatic carbocycles. The number of aliphatic hydroxyl groups is 1. The highest BCUT2D eigenvalue weighted by atomic mass is 16.3. The summed E-state index contributed by atoms with van der Waals surface area (Å²) in [6.45, 7) is 8.01. The van der Waals surface area contributed by atoms with Gasteiger partial charge in [0.1, 0.15) is 5.76 Å². The lowest BCUT2D eigenvalue weighted by Crippen LogP contribution is -2.07. The Kier molecular flexibility index (Phi) is 5.21. The second kappa shape index (κ2) is 5.74. The van der Waals surface area contributed by atoms with Crippen molar-refractivity contribution in [2.45, 2.75) is 6.42 Å². The maximum absolute atomic E-state index is 8.69. The molecule has 0 aromatic heterocycles. The minimum atomic E-state index is 0.0654. The molecule has 0 heterocycles. The van der Waals surface area contributed by atoms with E-state index in [0.717, 1.165) is 18.5 Å². The first-order valence-corrected chi connectivity index (χ1v) is 3.55. The molecule has 11 heavy (non-hydrogen) atoms. The summed E-state index contributed by atoms with van der Waals surface area (Å²) >= 11 is 0. The average Bonchev–Trinajstić information content (AvgIpc) is 1.97. The van der Waals surface area contributed by atoms with E-state index in [2.05, 4.69) is 18.5 Å². The molecule has 0 fully saturated rings. The van der Waals surface area contributed by atoms with Gasteiger partial charge in [-0.2, -0.15) is 0 Å². The molecule has 2 N–H and O–H groups in total. The van der Waals surface area contributed by atoms with Crippen LogP contribution in [0.2, 0.25) is 0 Å². The second-order valence-corrected chi connectivity index (χ2v) is 2.34. The lowest BCUT2D eigenvalue weighted by Gasteiger charge is -1.97. The quantitative estimate of drug-likeness (QED) is 0.466. The fraction of sp³-hybridized carbons (Fsp3) is 0.333. The van der Waals surface area contributed by atoms with E-state index in [-0.39, 0.29) is 5.76 Å². The van der Waals surface area contributed by atoms with Crippen LogP contribution in [0.3, 0.4) is 0 Å². The summed E-state index contributed by atoms with van der Waals surface area (Å²) in [5.41, 5.74) is 0.981. The number of hydrogen-bond acceptors (Lipinski definition) is 2. The van der Waals surface area contributed by atoms with Crippen molar-refractivity contribution < 1.29 is 5.11 Å². The van der Waals surface area contributed by atoms with Crippen LogP contribution in [0.4, 0.5) is 0 Å². The highest BCUT2D eigenvalue weighted by Crippen LogP contribution is 1.99. The van der Waals surface area contributed by atoms with E-state index in [1.807, 2.05) is 7.05 Å². The normalized spacial score (nSPS) is 10.3.